The Balaban J connectivity index is -0.000000845. The fourth-order valence-corrected chi connectivity index (χ4v) is 1.05. The molecule has 6 heteroatoms. The first-order chi connectivity index (χ1) is 6.33. The number of hydrogen-bond acceptors (Lipinski definition) is 4. The fourth-order valence-electron chi connectivity index (χ4n) is 0.581. The minimum atomic E-state index is -3.41. The summed E-state index contributed by atoms with van der Waals surface area (Å²) >= 11 is 0. The molecule has 0 aliphatic heterocycles. The third-order valence-electron chi connectivity index (χ3n) is 1.20. The SMILES string of the molecule is C.C.C=C(C)C(=O)OCCCOP(C)(=O)O. The molecular weight excluding hydrogens is 231 g/mol. The highest BCUT2D eigenvalue weighted by Crippen LogP contribution is 2.36. The summed E-state index contributed by atoms with van der Waals surface area (Å²) < 4.78 is 19.9. The van der Waals surface area contributed by atoms with E-state index in [1.165, 1.54) is 0 Å². The summed E-state index contributed by atoms with van der Waals surface area (Å²) in [6.07, 6.45) is 0.386. The molecule has 0 aromatic carbocycles. The van der Waals surface area contributed by atoms with Crippen molar-refractivity contribution in [2.24, 2.45) is 0 Å². The molecule has 98 valence electrons. The van der Waals surface area contributed by atoms with E-state index in [9.17, 15) is 9.36 Å². The van der Waals surface area contributed by atoms with Gasteiger partial charge in [-0.15, -0.1) is 0 Å². The molecule has 0 saturated heterocycles. The molecule has 0 amide bonds. The van der Waals surface area contributed by atoms with Gasteiger partial charge in [-0.3, -0.25) is 4.57 Å². The molecule has 1 atom stereocenters. The van der Waals surface area contributed by atoms with Gasteiger partial charge < -0.3 is 14.2 Å². The first-order valence-corrected chi connectivity index (χ1v) is 6.13. The summed E-state index contributed by atoms with van der Waals surface area (Å²) in [4.78, 5) is 19.6. The Morgan fingerprint density at radius 2 is 1.88 bits per heavy atom. The molecule has 0 aliphatic rings. The fraction of sp³-hybridized carbons (Fsp3) is 0.700. The van der Waals surface area contributed by atoms with Gasteiger partial charge in [-0.05, 0) is 6.92 Å². The van der Waals surface area contributed by atoms with Crippen LogP contribution in [0.5, 0.6) is 0 Å². The van der Waals surface area contributed by atoms with Crippen molar-refractivity contribution in [1.82, 2.24) is 0 Å². The molecule has 0 radical (unpaired) electrons. The summed E-state index contributed by atoms with van der Waals surface area (Å²) in [5.74, 6) is -0.464. The predicted octanol–water partition coefficient (Wildman–Crippen LogP) is 2.60. The van der Waals surface area contributed by atoms with Gasteiger partial charge in [0.05, 0.1) is 13.2 Å². The van der Waals surface area contributed by atoms with E-state index in [2.05, 4.69) is 11.1 Å². The highest BCUT2D eigenvalue weighted by molar-refractivity contribution is 7.51. The Kier molecular flexibility index (Phi) is 12.4. The van der Waals surface area contributed by atoms with Gasteiger partial charge in [0.15, 0.2) is 0 Å². The van der Waals surface area contributed by atoms with Gasteiger partial charge in [-0.25, -0.2) is 4.79 Å². The zero-order valence-electron chi connectivity index (χ0n) is 8.36. The number of carbonyl (C=O) groups is 1. The minimum absolute atomic E-state index is 0. The molecule has 0 saturated carbocycles. The molecule has 1 unspecified atom stereocenters. The minimum Gasteiger partial charge on any atom is -0.462 e. The van der Waals surface area contributed by atoms with Crippen molar-refractivity contribution in [3.8, 4) is 0 Å². The quantitative estimate of drug-likeness (QED) is 0.341. The summed E-state index contributed by atoms with van der Waals surface area (Å²) in [5.41, 5.74) is 0.328. The lowest BCUT2D eigenvalue weighted by Crippen LogP contribution is -2.07. The standard InChI is InChI=1S/C8H15O5P.2CH4/c1-7(2)8(9)12-5-4-6-13-14(3,10)11;;/h1,4-6H2,2-3H3,(H,10,11);2*1H4. The van der Waals surface area contributed by atoms with Crippen molar-refractivity contribution >= 4 is 13.6 Å². The largest absolute Gasteiger partial charge is 0.462 e. The smallest absolute Gasteiger partial charge is 0.333 e. The summed E-state index contributed by atoms with van der Waals surface area (Å²) in [6, 6.07) is 0. The third-order valence-corrected chi connectivity index (χ3v) is 1.86. The Hall–Kier alpha value is -0.640. The summed E-state index contributed by atoms with van der Waals surface area (Å²) in [7, 11) is -3.41. The van der Waals surface area contributed by atoms with Crippen LogP contribution >= 0.6 is 7.60 Å². The van der Waals surface area contributed by atoms with Crippen LogP contribution in [0.15, 0.2) is 12.2 Å². The van der Waals surface area contributed by atoms with Gasteiger partial charge in [-0.2, -0.15) is 0 Å². The normalized spacial score (nSPS) is 12.7. The molecule has 0 aromatic heterocycles. The molecule has 5 nitrogen and oxygen atoms in total. The van der Waals surface area contributed by atoms with Crippen LogP contribution in [0.3, 0.4) is 0 Å². The number of hydrogen-bond donors (Lipinski definition) is 1. The lowest BCUT2D eigenvalue weighted by molar-refractivity contribution is -0.139. The predicted molar refractivity (Wildman–Crippen MR) is 65.6 cm³/mol. The van der Waals surface area contributed by atoms with Gasteiger partial charge >= 0.3 is 13.6 Å². The van der Waals surface area contributed by atoms with E-state index >= 15 is 0 Å². The average molecular weight is 254 g/mol. The molecule has 0 bridgehead atoms. The van der Waals surface area contributed by atoms with Crippen molar-refractivity contribution < 1.29 is 23.5 Å². The van der Waals surface area contributed by atoms with E-state index in [-0.39, 0.29) is 28.1 Å². The zero-order valence-corrected chi connectivity index (χ0v) is 9.25. The zero-order chi connectivity index (χ0) is 11.2. The van der Waals surface area contributed by atoms with E-state index in [1.54, 1.807) is 6.92 Å². The second-order valence-corrected chi connectivity index (χ2v) is 4.77. The summed E-state index contributed by atoms with van der Waals surface area (Å²) in [5, 5.41) is 0. The van der Waals surface area contributed by atoms with Gasteiger partial charge in [0.25, 0.3) is 0 Å². The molecule has 0 rings (SSSR count). The molecule has 0 fully saturated rings. The average Bonchev–Trinajstić information content (AvgIpc) is 2.01. The Morgan fingerprint density at radius 1 is 1.38 bits per heavy atom. The maximum atomic E-state index is 10.8. The molecule has 0 aliphatic carbocycles. The maximum absolute atomic E-state index is 10.8. The molecule has 16 heavy (non-hydrogen) atoms. The van der Waals surface area contributed by atoms with Gasteiger partial charge in [-0.1, -0.05) is 21.4 Å². The maximum Gasteiger partial charge on any atom is 0.333 e. The number of ether oxygens (including phenoxy) is 1. The van der Waals surface area contributed by atoms with Crippen molar-refractivity contribution in [3.63, 3.8) is 0 Å². The first kappa shape index (κ1) is 20.7. The lowest BCUT2D eigenvalue weighted by atomic mass is 10.4. The molecule has 1 N–H and O–H groups in total. The Labute approximate surface area is 98.0 Å². The van der Waals surface area contributed by atoms with Crippen LogP contribution in [-0.2, 0) is 18.6 Å². The molecule has 0 heterocycles. The van der Waals surface area contributed by atoms with E-state index in [1.807, 2.05) is 0 Å². The van der Waals surface area contributed by atoms with Crippen LogP contribution in [0.25, 0.3) is 0 Å². The van der Waals surface area contributed by atoms with E-state index in [0.29, 0.717) is 12.0 Å². The second kappa shape index (κ2) is 9.58. The van der Waals surface area contributed by atoms with E-state index in [0.717, 1.165) is 6.66 Å². The number of carbonyl (C=O) groups excluding carboxylic acids is 1. The Morgan fingerprint density at radius 3 is 2.25 bits per heavy atom. The van der Waals surface area contributed by atoms with Crippen molar-refractivity contribution in [2.45, 2.75) is 28.2 Å². The first-order valence-electron chi connectivity index (χ1n) is 4.10. The van der Waals surface area contributed by atoms with Gasteiger partial charge in [0.1, 0.15) is 0 Å². The lowest BCUT2D eigenvalue weighted by Gasteiger charge is -2.07. The van der Waals surface area contributed by atoms with Crippen LogP contribution in [0.2, 0.25) is 0 Å². The molecule has 0 aromatic rings. The van der Waals surface area contributed by atoms with E-state index in [4.69, 9.17) is 9.63 Å². The van der Waals surface area contributed by atoms with Crippen LogP contribution in [-0.4, -0.2) is 30.7 Å². The van der Waals surface area contributed by atoms with Crippen LogP contribution in [0, 0.1) is 0 Å². The van der Waals surface area contributed by atoms with Gasteiger partial charge in [0, 0.05) is 18.7 Å². The van der Waals surface area contributed by atoms with E-state index < -0.39 is 13.6 Å². The van der Waals surface area contributed by atoms with Crippen LogP contribution in [0.4, 0.5) is 0 Å². The van der Waals surface area contributed by atoms with Crippen LogP contribution in [0.1, 0.15) is 28.2 Å². The topological polar surface area (TPSA) is 72.8 Å². The molecular formula is C10H23O5P. The van der Waals surface area contributed by atoms with Crippen molar-refractivity contribution in [1.29, 1.82) is 0 Å². The second-order valence-electron chi connectivity index (χ2n) is 2.91. The molecule has 0 spiro atoms. The van der Waals surface area contributed by atoms with Gasteiger partial charge in [0.2, 0.25) is 0 Å². The highest BCUT2D eigenvalue weighted by Gasteiger charge is 2.09. The van der Waals surface area contributed by atoms with Crippen molar-refractivity contribution in [3.05, 3.63) is 12.2 Å². The monoisotopic (exact) mass is 254 g/mol. The summed E-state index contributed by atoms with van der Waals surface area (Å²) in [6.45, 7) is 6.30. The van der Waals surface area contributed by atoms with Crippen LogP contribution < -0.4 is 0 Å². The Bertz CT molecular complexity index is 256. The third kappa shape index (κ3) is 13.4. The van der Waals surface area contributed by atoms with Crippen molar-refractivity contribution in [2.75, 3.05) is 19.9 Å². The number of rotatable bonds is 6. The highest BCUT2D eigenvalue weighted by atomic mass is 31.2. The number of esters is 1.